The molecule has 0 radical (unpaired) electrons. The van der Waals surface area contributed by atoms with Gasteiger partial charge in [-0.15, -0.1) is 0 Å². The van der Waals surface area contributed by atoms with Crippen molar-refractivity contribution in [3.8, 4) is 5.69 Å². The summed E-state index contributed by atoms with van der Waals surface area (Å²) in [4.78, 5) is 4.02. The molecule has 2 aromatic rings. The minimum Gasteiger partial charge on any atom is -0.304 e. The highest BCUT2D eigenvalue weighted by Crippen LogP contribution is 2.33. The molecule has 0 spiro atoms. The standard InChI is InChI=1S/C11H7BrClF3N2/c12-4-8-5-18(6-17-8)10-3-7(11(14,15)16)1-2-9(10)13/h1-3,5-6H,4H2. The number of alkyl halides is 4. The molecule has 0 N–H and O–H groups in total. The fourth-order valence-corrected chi connectivity index (χ4v) is 1.96. The lowest BCUT2D eigenvalue weighted by Crippen LogP contribution is -2.06. The second-order valence-corrected chi connectivity index (χ2v) is 4.54. The van der Waals surface area contributed by atoms with E-state index in [1.54, 1.807) is 6.20 Å². The average molecular weight is 340 g/mol. The SMILES string of the molecule is FC(F)(F)c1ccc(Cl)c(-n2cnc(CBr)c2)c1. The Bertz CT molecular complexity index is 566. The molecule has 0 saturated heterocycles. The molecule has 18 heavy (non-hydrogen) atoms. The molecule has 0 aliphatic heterocycles. The van der Waals surface area contributed by atoms with E-state index in [4.69, 9.17) is 11.6 Å². The quantitative estimate of drug-likeness (QED) is 0.740. The Kier molecular flexibility index (Phi) is 3.68. The van der Waals surface area contributed by atoms with Crippen molar-refractivity contribution in [2.45, 2.75) is 11.5 Å². The van der Waals surface area contributed by atoms with Gasteiger partial charge in [0.15, 0.2) is 0 Å². The first-order chi connectivity index (χ1) is 8.41. The van der Waals surface area contributed by atoms with Crippen LogP contribution >= 0.6 is 27.5 Å². The summed E-state index contributed by atoms with van der Waals surface area (Å²) >= 11 is 9.12. The molecule has 7 heteroatoms. The Morgan fingerprint density at radius 1 is 1.33 bits per heavy atom. The number of hydrogen-bond acceptors (Lipinski definition) is 1. The number of halogens is 5. The van der Waals surface area contributed by atoms with Gasteiger partial charge in [-0.2, -0.15) is 13.2 Å². The van der Waals surface area contributed by atoms with Crippen LogP contribution in [0.1, 0.15) is 11.3 Å². The van der Waals surface area contributed by atoms with Crippen molar-refractivity contribution in [3.63, 3.8) is 0 Å². The molecule has 1 heterocycles. The van der Waals surface area contributed by atoms with E-state index in [-0.39, 0.29) is 10.7 Å². The van der Waals surface area contributed by atoms with Gasteiger partial charge in [-0.1, -0.05) is 27.5 Å². The highest BCUT2D eigenvalue weighted by molar-refractivity contribution is 9.08. The second-order valence-electron chi connectivity index (χ2n) is 3.57. The lowest BCUT2D eigenvalue weighted by molar-refractivity contribution is -0.137. The van der Waals surface area contributed by atoms with Crippen LogP contribution in [-0.2, 0) is 11.5 Å². The predicted molar refractivity (Wildman–Crippen MR) is 66.2 cm³/mol. The van der Waals surface area contributed by atoms with Crippen molar-refractivity contribution in [1.29, 1.82) is 0 Å². The van der Waals surface area contributed by atoms with Gasteiger partial charge in [-0.25, -0.2) is 4.98 Å². The first kappa shape index (κ1) is 13.4. The van der Waals surface area contributed by atoms with Gasteiger partial charge in [0.1, 0.15) is 0 Å². The summed E-state index contributed by atoms with van der Waals surface area (Å²) in [5.41, 5.74) is 0.227. The Morgan fingerprint density at radius 3 is 2.61 bits per heavy atom. The number of nitrogens with zero attached hydrogens (tertiary/aromatic N) is 2. The third-order valence-corrected chi connectivity index (χ3v) is 3.22. The monoisotopic (exact) mass is 338 g/mol. The smallest absolute Gasteiger partial charge is 0.304 e. The summed E-state index contributed by atoms with van der Waals surface area (Å²) < 4.78 is 39.3. The molecular weight excluding hydrogens is 332 g/mol. The van der Waals surface area contributed by atoms with Crippen molar-refractivity contribution in [2.24, 2.45) is 0 Å². The Balaban J connectivity index is 2.49. The summed E-state index contributed by atoms with van der Waals surface area (Å²) in [5.74, 6) is 0. The van der Waals surface area contributed by atoms with Crippen LogP contribution in [0.15, 0.2) is 30.7 Å². The van der Waals surface area contributed by atoms with Crippen LogP contribution < -0.4 is 0 Å². The molecular formula is C11H7BrClF3N2. The first-order valence-corrected chi connectivity index (χ1v) is 6.37. The lowest BCUT2D eigenvalue weighted by Gasteiger charge is -2.10. The Labute approximate surface area is 115 Å². The van der Waals surface area contributed by atoms with E-state index >= 15 is 0 Å². The van der Waals surface area contributed by atoms with E-state index in [0.717, 1.165) is 12.1 Å². The molecule has 0 aliphatic carbocycles. The van der Waals surface area contributed by atoms with Gasteiger partial charge < -0.3 is 4.57 Å². The maximum atomic E-state index is 12.6. The van der Waals surface area contributed by atoms with Crippen LogP contribution in [0.25, 0.3) is 5.69 Å². The van der Waals surface area contributed by atoms with Crippen LogP contribution in [0.3, 0.4) is 0 Å². The number of aromatic nitrogens is 2. The molecule has 0 saturated carbocycles. The molecule has 96 valence electrons. The van der Waals surface area contributed by atoms with Gasteiger partial charge in [0.2, 0.25) is 0 Å². The van der Waals surface area contributed by atoms with E-state index < -0.39 is 11.7 Å². The molecule has 2 nitrogen and oxygen atoms in total. The average Bonchev–Trinajstić information content (AvgIpc) is 2.76. The molecule has 0 amide bonds. The first-order valence-electron chi connectivity index (χ1n) is 4.88. The van der Waals surface area contributed by atoms with Crippen molar-refractivity contribution >= 4 is 27.5 Å². The molecule has 1 aromatic carbocycles. The van der Waals surface area contributed by atoms with Crippen molar-refractivity contribution in [1.82, 2.24) is 9.55 Å². The molecule has 1 aromatic heterocycles. The van der Waals surface area contributed by atoms with E-state index in [2.05, 4.69) is 20.9 Å². The lowest BCUT2D eigenvalue weighted by atomic mass is 10.2. The van der Waals surface area contributed by atoms with Gasteiger partial charge in [0.05, 0.1) is 28.3 Å². The minimum absolute atomic E-state index is 0.238. The zero-order valence-electron chi connectivity index (χ0n) is 8.88. The molecule has 0 unspecified atom stereocenters. The predicted octanol–water partition coefficient (Wildman–Crippen LogP) is 4.44. The van der Waals surface area contributed by atoms with Gasteiger partial charge in [0.25, 0.3) is 0 Å². The third-order valence-electron chi connectivity index (χ3n) is 2.32. The van der Waals surface area contributed by atoms with Crippen LogP contribution in [0.4, 0.5) is 13.2 Å². The van der Waals surface area contributed by atoms with E-state index in [1.165, 1.54) is 17.0 Å². The molecule has 0 aliphatic rings. The van der Waals surface area contributed by atoms with Gasteiger partial charge in [0, 0.05) is 11.5 Å². The van der Waals surface area contributed by atoms with Crippen molar-refractivity contribution in [2.75, 3.05) is 0 Å². The maximum absolute atomic E-state index is 12.6. The van der Waals surface area contributed by atoms with Crippen LogP contribution in [-0.4, -0.2) is 9.55 Å². The fraction of sp³-hybridized carbons (Fsp3) is 0.182. The van der Waals surface area contributed by atoms with E-state index in [0.29, 0.717) is 11.0 Å². The van der Waals surface area contributed by atoms with Gasteiger partial charge in [-0.3, -0.25) is 0 Å². The molecule has 0 atom stereocenters. The summed E-state index contributed by atoms with van der Waals surface area (Å²) in [6.45, 7) is 0. The zero-order chi connectivity index (χ0) is 13.3. The summed E-state index contributed by atoms with van der Waals surface area (Å²) in [7, 11) is 0. The molecule has 0 bridgehead atoms. The highest BCUT2D eigenvalue weighted by atomic mass is 79.9. The number of benzene rings is 1. The summed E-state index contributed by atoms with van der Waals surface area (Å²) in [6.07, 6.45) is -1.34. The van der Waals surface area contributed by atoms with Crippen molar-refractivity contribution in [3.05, 3.63) is 47.0 Å². The Morgan fingerprint density at radius 2 is 2.06 bits per heavy atom. The van der Waals surface area contributed by atoms with Gasteiger partial charge in [-0.05, 0) is 18.2 Å². The fourth-order valence-electron chi connectivity index (χ4n) is 1.45. The molecule has 2 rings (SSSR count). The number of hydrogen-bond donors (Lipinski definition) is 0. The third kappa shape index (κ3) is 2.70. The maximum Gasteiger partial charge on any atom is 0.416 e. The van der Waals surface area contributed by atoms with E-state index in [9.17, 15) is 13.2 Å². The van der Waals surface area contributed by atoms with E-state index in [1.807, 2.05) is 0 Å². The summed E-state index contributed by atoms with van der Waals surface area (Å²) in [6, 6.07) is 3.18. The molecule has 0 fully saturated rings. The zero-order valence-corrected chi connectivity index (χ0v) is 11.2. The summed E-state index contributed by atoms with van der Waals surface area (Å²) in [5, 5.41) is 0.762. The minimum atomic E-state index is -4.39. The van der Waals surface area contributed by atoms with Crippen LogP contribution in [0.5, 0.6) is 0 Å². The number of rotatable bonds is 2. The second kappa shape index (κ2) is 4.93. The largest absolute Gasteiger partial charge is 0.416 e. The topological polar surface area (TPSA) is 17.8 Å². The number of imidazole rings is 1. The van der Waals surface area contributed by atoms with Crippen molar-refractivity contribution < 1.29 is 13.2 Å². The van der Waals surface area contributed by atoms with Gasteiger partial charge >= 0.3 is 6.18 Å². The normalized spacial score (nSPS) is 11.8. The van der Waals surface area contributed by atoms with Crippen LogP contribution in [0.2, 0.25) is 5.02 Å². The van der Waals surface area contributed by atoms with Crippen LogP contribution in [0, 0.1) is 0 Å². The highest BCUT2D eigenvalue weighted by Gasteiger charge is 2.31. The Hall–Kier alpha value is -1.01.